The number of nitrogens with one attached hydrogen (secondary N) is 1. The lowest BCUT2D eigenvalue weighted by Crippen LogP contribution is -2.43. The zero-order valence-corrected chi connectivity index (χ0v) is 13.7. The number of carbonyl (C=O) groups excluding carboxylic acids is 2. The Bertz CT molecular complexity index is 524. The molecule has 0 aromatic carbocycles. The molecule has 6 heteroatoms. The standard InChI is InChI=1S/C17H24N2O4/c1-22-16-8-7-13(11-18-16)9-14(17(21)23-2)19-15(20)10-12-5-3-4-6-12/h7-8,11-12,14H,3-6,9-10H2,1-2H3,(H,19,20)/t14-/m0/s1. The van der Waals surface area contributed by atoms with Crippen LogP contribution >= 0.6 is 0 Å². The van der Waals surface area contributed by atoms with Gasteiger partial charge in [0.1, 0.15) is 6.04 Å². The SMILES string of the molecule is COC(=O)[C@H](Cc1ccc(OC)nc1)NC(=O)CC1CCCC1. The van der Waals surface area contributed by atoms with Crippen molar-refractivity contribution < 1.29 is 19.1 Å². The van der Waals surface area contributed by atoms with Crippen LogP contribution < -0.4 is 10.1 Å². The van der Waals surface area contributed by atoms with Gasteiger partial charge in [-0.3, -0.25) is 4.79 Å². The molecule has 23 heavy (non-hydrogen) atoms. The predicted molar refractivity (Wildman–Crippen MR) is 85.0 cm³/mol. The lowest BCUT2D eigenvalue weighted by atomic mass is 10.0. The molecule has 0 radical (unpaired) electrons. The van der Waals surface area contributed by atoms with E-state index < -0.39 is 12.0 Å². The van der Waals surface area contributed by atoms with Crippen molar-refractivity contribution in [2.45, 2.75) is 44.6 Å². The van der Waals surface area contributed by atoms with E-state index in [0.717, 1.165) is 18.4 Å². The fraction of sp³-hybridized carbons (Fsp3) is 0.588. The lowest BCUT2D eigenvalue weighted by Gasteiger charge is -2.18. The average Bonchev–Trinajstić information content (AvgIpc) is 3.07. The fourth-order valence-electron chi connectivity index (χ4n) is 2.95. The minimum atomic E-state index is -0.691. The smallest absolute Gasteiger partial charge is 0.328 e. The lowest BCUT2D eigenvalue weighted by molar-refractivity contribution is -0.145. The molecule has 1 N–H and O–H groups in total. The summed E-state index contributed by atoms with van der Waals surface area (Å²) < 4.78 is 9.81. The maximum Gasteiger partial charge on any atom is 0.328 e. The Labute approximate surface area is 136 Å². The summed E-state index contributed by atoms with van der Waals surface area (Å²) >= 11 is 0. The average molecular weight is 320 g/mol. The number of pyridine rings is 1. The number of aromatic nitrogens is 1. The van der Waals surface area contributed by atoms with Crippen molar-refractivity contribution in [3.05, 3.63) is 23.9 Å². The highest BCUT2D eigenvalue weighted by Crippen LogP contribution is 2.27. The van der Waals surface area contributed by atoms with Gasteiger partial charge in [0.2, 0.25) is 11.8 Å². The second-order valence-corrected chi connectivity index (χ2v) is 5.91. The molecular formula is C17H24N2O4. The van der Waals surface area contributed by atoms with Crippen LogP contribution in [-0.4, -0.2) is 37.1 Å². The molecule has 1 amide bonds. The van der Waals surface area contributed by atoms with Crippen LogP contribution in [0.25, 0.3) is 0 Å². The number of hydrogen-bond donors (Lipinski definition) is 1. The summed E-state index contributed by atoms with van der Waals surface area (Å²) in [6.07, 6.45) is 7.04. The number of carbonyl (C=O) groups is 2. The van der Waals surface area contributed by atoms with Crippen molar-refractivity contribution in [1.82, 2.24) is 10.3 Å². The first-order valence-corrected chi connectivity index (χ1v) is 7.98. The van der Waals surface area contributed by atoms with E-state index in [2.05, 4.69) is 10.3 Å². The van der Waals surface area contributed by atoms with Gasteiger partial charge in [0.15, 0.2) is 0 Å². The second kappa shape index (κ2) is 8.50. The molecule has 0 spiro atoms. The van der Waals surface area contributed by atoms with Crippen molar-refractivity contribution in [3.8, 4) is 5.88 Å². The van der Waals surface area contributed by atoms with Gasteiger partial charge in [-0.05, 0) is 24.3 Å². The number of esters is 1. The summed E-state index contributed by atoms with van der Waals surface area (Å²) in [6, 6.07) is 2.86. The molecule has 1 fully saturated rings. The molecule has 1 aromatic heterocycles. The number of amides is 1. The van der Waals surface area contributed by atoms with Gasteiger partial charge in [-0.2, -0.15) is 0 Å². The summed E-state index contributed by atoms with van der Waals surface area (Å²) in [6.45, 7) is 0. The molecule has 6 nitrogen and oxygen atoms in total. The van der Waals surface area contributed by atoms with Crippen molar-refractivity contribution in [1.29, 1.82) is 0 Å². The van der Waals surface area contributed by atoms with E-state index in [1.807, 2.05) is 6.07 Å². The van der Waals surface area contributed by atoms with E-state index in [1.165, 1.54) is 20.0 Å². The highest BCUT2D eigenvalue weighted by molar-refractivity contribution is 5.84. The Kier molecular flexibility index (Phi) is 6.38. The molecule has 0 aliphatic heterocycles. The fourth-order valence-corrected chi connectivity index (χ4v) is 2.95. The van der Waals surface area contributed by atoms with E-state index in [1.54, 1.807) is 19.4 Å². The maximum absolute atomic E-state index is 12.2. The first-order chi connectivity index (χ1) is 11.1. The molecule has 1 saturated carbocycles. The Hall–Kier alpha value is -2.11. The van der Waals surface area contributed by atoms with Crippen molar-refractivity contribution in [2.24, 2.45) is 5.92 Å². The molecule has 126 valence electrons. The molecule has 1 aliphatic rings. The topological polar surface area (TPSA) is 77.5 Å². The molecule has 1 aromatic rings. The zero-order valence-electron chi connectivity index (χ0n) is 13.7. The van der Waals surface area contributed by atoms with Crippen LogP contribution in [0.5, 0.6) is 5.88 Å². The van der Waals surface area contributed by atoms with Crippen molar-refractivity contribution in [3.63, 3.8) is 0 Å². The first-order valence-electron chi connectivity index (χ1n) is 7.98. The monoisotopic (exact) mass is 320 g/mol. The van der Waals surface area contributed by atoms with Gasteiger partial charge in [0.25, 0.3) is 0 Å². The van der Waals surface area contributed by atoms with Gasteiger partial charge < -0.3 is 14.8 Å². The predicted octanol–water partition coefficient (Wildman–Crippen LogP) is 1.87. The Morgan fingerprint density at radius 1 is 1.30 bits per heavy atom. The molecule has 0 saturated heterocycles. The van der Waals surface area contributed by atoms with Crippen LogP contribution in [0.15, 0.2) is 18.3 Å². The quantitative estimate of drug-likeness (QED) is 0.776. The van der Waals surface area contributed by atoms with Crippen LogP contribution in [0.2, 0.25) is 0 Å². The third-order valence-electron chi connectivity index (χ3n) is 4.22. The number of hydrogen-bond acceptors (Lipinski definition) is 5. The van der Waals surface area contributed by atoms with Crippen LogP contribution in [0.4, 0.5) is 0 Å². The first kappa shape index (κ1) is 17.2. The number of ether oxygens (including phenoxy) is 2. The number of rotatable bonds is 7. The van der Waals surface area contributed by atoms with Gasteiger partial charge in [-0.1, -0.05) is 18.9 Å². The van der Waals surface area contributed by atoms with E-state index in [9.17, 15) is 9.59 Å². The highest BCUT2D eigenvalue weighted by atomic mass is 16.5. The highest BCUT2D eigenvalue weighted by Gasteiger charge is 2.24. The molecule has 2 rings (SSSR count). The molecule has 1 aliphatic carbocycles. The number of methoxy groups -OCH3 is 2. The van der Waals surface area contributed by atoms with Gasteiger partial charge in [0.05, 0.1) is 14.2 Å². The van der Waals surface area contributed by atoms with Gasteiger partial charge in [0, 0.05) is 25.1 Å². The normalized spacial score (nSPS) is 15.9. The van der Waals surface area contributed by atoms with Gasteiger partial charge >= 0.3 is 5.97 Å². The summed E-state index contributed by atoms with van der Waals surface area (Å²) in [5, 5.41) is 2.80. The minimum Gasteiger partial charge on any atom is -0.481 e. The van der Waals surface area contributed by atoms with Crippen LogP contribution in [0.3, 0.4) is 0 Å². The van der Waals surface area contributed by atoms with Crippen LogP contribution in [0, 0.1) is 5.92 Å². The zero-order chi connectivity index (χ0) is 16.7. The van der Waals surface area contributed by atoms with Gasteiger partial charge in [-0.15, -0.1) is 0 Å². The van der Waals surface area contributed by atoms with Gasteiger partial charge in [-0.25, -0.2) is 9.78 Å². The Balaban J connectivity index is 1.95. The number of nitrogens with zero attached hydrogens (tertiary/aromatic N) is 1. The maximum atomic E-state index is 12.2. The molecule has 0 unspecified atom stereocenters. The minimum absolute atomic E-state index is 0.0891. The Morgan fingerprint density at radius 3 is 2.61 bits per heavy atom. The molecule has 0 bridgehead atoms. The van der Waals surface area contributed by atoms with E-state index in [-0.39, 0.29) is 5.91 Å². The van der Waals surface area contributed by atoms with Crippen molar-refractivity contribution in [2.75, 3.05) is 14.2 Å². The van der Waals surface area contributed by atoms with Crippen molar-refractivity contribution >= 4 is 11.9 Å². The van der Waals surface area contributed by atoms with Crippen LogP contribution in [-0.2, 0) is 20.7 Å². The van der Waals surface area contributed by atoms with E-state index >= 15 is 0 Å². The van der Waals surface area contributed by atoms with Crippen LogP contribution in [0.1, 0.15) is 37.7 Å². The summed E-state index contributed by atoms with van der Waals surface area (Å²) in [5.74, 6) is 0.416. The van der Waals surface area contributed by atoms with E-state index in [0.29, 0.717) is 24.6 Å². The Morgan fingerprint density at radius 2 is 2.04 bits per heavy atom. The molecule has 1 heterocycles. The summed E-state index contributed by atoms with van der Waals surface area (Å²) in [5.41, 5.74) is 0.836. The van der Waals surface area contributed by atoms with E-state index in [4.69, 9.17) is 9.47 Å². The largest absolute Gasteiger partial charge is 0.481 e. The summed E-state index contributed by atoms with van der Waals surface area (Å²) in [4.78, 5) is 28.2. The molecule has 1 atom stereocenters. The third kappa shape index (κ3) is 5.23. The third-order valence-corrected chi connectivity index (χ3v) is 4.22. The molecular weight excluding hydrogens is 296 g/mol. The second-order valence-electron chi connectivity index (χ2n) is 5.91. The summed E-state index contributed by atoms with van der Waals surface area (Å²) in [7, 11) is 2.87.